The van der Waals surface area contributed by atoms with Crippen LogP contribution in [0.25, 0.3) is 0 Å². The van der Waals surface area contributed by atoms with Crippen LogP contribution in [0.4, 0.5) is 9.59 Å². The van der Waals surface area contributed by atoms with E-state index in [2.05, 4.69) is 44.7 Å². The maximum absolute atomic E-state index is 13.1. The first-order chi connectivity index (χ1) is 19.3. The van der Waals surface area contributed by atoms with Crippen LogP contribution in [0, 0.1) is 0 Å². The van der Waals surface area contributed by atoms with Crippen molar-refractivity contribution in [3.05, 3.63) is 32.7 Å². The number of urea groups is 1. The van der Waals surface area contributed by atoms with Crippen LogP contribution in [0.5, 0.6) is 0 Å². The number of nitrogens with zero attached hydrogens (tertiary/aromatic N) is 4. The first-order valence-electron chi connectivity index (χ1n) is 13.6. The number of aromatic nitrogens is 2. The zero-order valence-electron chi connectivity index (χ0n) is 23.5. The minimum atomic E-state index is -0.667. The molecule has 2 aromatic rings. The number of hydrogen-bond acceptors (Lipinski definition) is 10. The molecule has 0 unspecified atom stereocenters. The van der Waals surface area contributed by atoms with Crippen molar-refractivity contribution in [3.63, 3.8) is 0 Å². The van der Waals surface area contributed by atoms with Crippen LogP contribution in [0.15, 0.2) is 17.1 Å². The molecule has 0 saturated carbocycles. The van der Waals surface area contributed by atoms with Crippen molar-refractivity contribution in [3.8, 4) is 0 Å². The standard InChI is InChI=1S/C26H41N7O5S2/c1-19(2)24-30-20(17-39-24)15-32(3)25(35)31-22(6-9-33-10-12-37-13-11-33)23(34)28-7-4-5-8-29-26(36)38-16-21-14-27-18-40-21/h14,17-19,22H,4-13,15-16H2,1-3H3,(H,28,34)(H,29,36)(H,31,35)/t22-/m0/s1. The number of hydrogen-bond donors (Lipinski definition) is 3. The average Bonchev–Trinajstić information content (AvgIpc) is 3.64. The van der Waals surface area contributed by atoms with Crippen molar-refractivity contribution in [2.75, 3.05) is 53.0 Å². The van der Waals surface area contributed by atoms with Crippen LogP contribution in [-0.2, 0) is 27.4 Å². The van der Waals surface area contributed by atoms with Crippen LogP contribution in [0.1, 0.15) is 54.6 Å². The number of rotatable bonds is 15. The number of ether oxygens (including phenoxy) is 2. The Balaban J connectivity index is 1.40. The summed E-state index contributed by atoms with van der Waals surface area (Å²) >= 11 is 3.02. The highest BCUT2D eigenvalue weighted by molar-refractivity contribution is 7.09. The first kappa shape index (κ1) is 31.7. The second-order valence-electron chi connectivity index (χ2n) is 9.90. The molecular weight excluding hydrogens is 554 g/mol. The maximum atomic E-state index is 13.1. The second kappa shape index (κ2) is 17.1. The molecule has 12 nitrogen and oxygen atoms in total. The number of alkyl carbamates (subject to hydrolysis) is 1. The molecule has 0 aliphatic carbocycles. The van der Waals surface area contributed by atoms with Gasteiger partial charge < -0.3 is 30.3 Å². The Kier molecular flexibility index (Phi) is 13.6. The van der Waals surface area contributed by atoms with Crippen LogP contribution >= 0.6 is 22.7 Å². The van der Waals surface area contributed by atoms with E-state index in [9.17, 15) is 14.4 Å². The summed E-state index contributed by atoms with van der Waals surface area (Å²) in [5, 5.41) is 11.6. The van der Waals surface area contributed by atoms with Crippen molar-refractivity contribution >= 4 is 40.7 Å². The molecule has 0 aromatic carbocycles. The molecule has 1 aliphatic heterocycles. The lowest BCUT2D eigenvalue weighted by Gasteiger charge is -2.29. The molecule has 0 spiro atoms. The van der Waals surface area contributed by atoms with Gasteiger partial charge in [0.25, 0.3) is 0 Å². The van der Waals surface area contributed by atoms with E-state index in [-0.39, 0.29) is 18.5 Å². The fourth-order valence-corrected chi connectivity index (χ4v) is 5.25. The third kappa shape index (κ3) is 11.4. The summed E-state index contributed by atoms with van der Waals surface area (Å²) in [6.07, 6.45) is 3.03. The van der Waals surface area contributed by atoms with Crippen LogP contribution < -0.4 is 16.0 Å². The van der Waals surface area contributed by atoms with E-state index in [1.165, 1.54) is 11.3 Å². The number of amides is 4. The molecule has 0 bridgehead atoms. The lowest BCUT2D eigenvalue weighted by atomic mass is 10.1. The predicted octanol–water partition coefficient (Wildman–Crippen LogP) is 2.78. The second-order valence-corrected chi connectivity index (χ2v) is 11.8. The largest absolute Gasteiger partial charge is 0.444 e. The summed E-state index contributed by atoms with van der Waals surface area (Å²) in [6.45, 7) is 9.27. The number of morpholine rings is 1. The topological polar surface area (TPSA) is 138 Å². The van der Waals surface area contributed by atoms with Gasteiger partial charge in [0.05, 0.1) is 40.8 Å². The zero-order chi connectivity index (χ0) is 28.7. The third-order valence-corrected chi connectivity index (χ3v) is 8.21. The molecule has 222 valence electrons. The Labute approximate surface area is 243 Å². The van der Waals surface area contributed by atoms with Crippen LogP contribution in [0.3, 0.4) is 0 Å². The fourth-order valence-electron chi connectivity index (χ4n) is 3.92. The molecule has 4 amide bonds. The third-order valence-electron chi connectivity index (χ3n) is 6.26. The molecule has 2 aromatic heterocycles. The number of carbonyl (C=O) groups excluding carboxylic acids is 3. The van der Waals surface area contributed by atoms with E-state index in [1.54, 1.807) is 35.0 Å². The summed E-state index contributed by atoms with van der Waals surface area (Å²) < 4.78 is 10.6. The van der Waals surface area contributed by atoms with E-state index in [4.69, 9.17) is 9.47 Å². The monoisotopic (exact) mass is 595 g/mol. The van der Waals surface area contributed by atoms with Gasteiger partial charge in [0.15, 0.2) is 0 Å². The van der Waals surface area contributed by atoms with Gasteiger partial charge in [-0.1, -0.05) is 13.8 Å². The quantitative estimate of drug-likeness (QED) is 0.267. The Morgan fingerprint density at radius 2 is 1.90 bits per heavy atom. The highest BCUT2D eigenvalue weighted by Gasteiger charge is 2.24. The Morgan fingerprint density at radius 3 is 2.58 bits per heavy atom. The maximum Gasteiger partial charge on any atom is 0.407 e. The van der Waals surface area contributed by atoms with Crippen LogP contribution in [0.2, 0.25) is 0 Å². The van der Waals surface area contributed by atoms with Gasteiger partial charge in [0.2, 0.25) is 5.91 Å². The molecule has 0 radical (unpaired) electrons. The van der Waals surface area contributed by atoms with Crippen molar-refractivity contribution in [1.82, 2.24) is 35.7 Å². The molecular formula is C26H41N7O5S2. The summed E-state index contributed by atoms with van der Waals surface area (Å²) in [6, 6.07) is -0.985. The molecule has 14 heteroatoms. The van der Waals surface area contributed by atoms with Gasteiger partial charge in [0.1, 0.15) is 12.6 Å². The lowest BCUT2D eigenvalue weighted by molar-refractivity contribution is -0.123. The van der Waals surface area contributed by atoms with Gasteiger partial charge in [-0.2, -0.15) is 0 Å². The van der Waals surface area contributed by atoms with Crippen LogP contribution in [-0.4, -0.2) is 96.8 Å². The first-order valence-corrected chi connectivity index (χ1v) is 15.4. The van der Waals surface area contributed by atoms with Crippen molar-refractivity contribution < 1.29 is 23.9 Å². The fraction of sp³-hybridized carbons (Fsp3) is 0.654. The molecule has 40 heavy (non-hydrogen) atoms. The molecule has 3 rings (SSSR count). The highest BCUT2D eigenvalue weighted by Crippen LogP contribution is 2.19. The summed E-state index contributed by atoms with van der Waals surface area (Å²) in [4.78, 5) is 51.0. The average molecular weight is 596 g/mol. The lowest BCUT2D eigenvalue weighted by Crippen LogP contribution is -2.52. The summed E-state index contributed by atoms with van der Waals surface area (Å²) in [7, 11) is 1.70. The van der Waals surface area contributed by atoms with Crippen molar-refractivity contribution in [2.45, 2.75) is 58.2 Å². The number of thiazole rings is 2. The zero-order valence-corrected chi connectivity index (χ0v) is 25.2. The highest BCUT2D eigenvalue weighted by atomic mass is 32.1. The SMILES string of the molecule is CC(C)c1nc(CN(C)C(=O)N[C@@H](CCN2CCOCC2)C(=O)NCCCCNC(=O)OCc2cncs2)cs1. The molecule has 1 saturated heterocycles. The van der Waals surface area contributed by atoms with Gasteiger partial charge in [-0.15, -0.1) is 22.7 Å². The molecule has 1 aliphatic rings. The molecule has 3 heterocycles. The Morgan fingerprint density at radius 1 is 1.15 bits per heavy atom. The molecule has 3 N–H and O–H groups in total. The Bertz CT molecular complexity index is 1040. The minimum absolute atomic E-state index is 0.196. The van der Waals surface area contributed by atoms with Crippen molar-refractivity contribution in [2.24, 2.45) is 0 Å². The van der Waals surface area contributed by atoms with E-state index in [1.807, 2.05) is 5.38 Å². The Hall–Kier alpha value is -2.81. The van der Waals surface area contributed by atoms with E-state index in [0.29, 0.717) is 64.6 Å². The molecule has 1 fully saturated rings. The van der Waals surface area contributed by atoms with Gasteiger partial charge in [-0.05, 0) is 19.3 Å². The number of carbonyl (C=O) groups is 3. The van der Waals surface area contributed by atoms with Gasteiger partial charge >= 0.3 is 12.1 Å². The number of nitrogens with one attached hydrogen (secondary N) is 3. The van der Waals surface area contributed by atoms with Gasteiger partial charge in [-0.3, -0.25) is 14.7 Å². The summed E-state index contributed by atoms with van der Waals surface area (Å²) in [5.41, 5.74) is 2.52. The van der Waals surface area contributed by atoms with E-state index in [0.717, 1.165) is 28.7 Å². The molecule has 1 atom stereocenters. The van der Waals surface area contributed by atoms with Gasteiger partial charge in [-0.25, -0.2) is 14.6 Å². The minimum Gasteiger partial charge on any atom is -0.444 e. The van der Waals surface area contributed by atoms with E-state index >= 15 is 0 Å². The van der Waals surface area contributed by atoms with Crippen molar-refractivity contribution in [1.29, 1.82) is 0 Å². The smallest absolute Gasteiger partial charge is 0.407 e. The van der Waals surface area contributed by atoms with Gasteiger partial charge in [0, 0.05) is 57.3 Å². The summed E-state index contributed by atoms with van der Waals surface area (Å²) in [5.74, 6) is 0.118. The number of unbranched alkanes of at least 4 members (excludes halogenated alkanes) is 1. The predicted molar refractivity (Wildman–Crippen MR) is 154 cm³/mol. The van der Waals surface area contributed by atoms with E-state index < -0.39 is 12.1 Å². The normalized spacial score (nSPS) is 14.5.